The fraction of sp³-hybridized carbons (Fsp3) is 0.125. The van der Waals surface area contributed by atoms with Crippen LogP contribution in [0.3, 0.4) is 0 Å². The second-order valence-corrected chi connectivity index (χ2v) is 5.33. The third-order valence-electron chi connectivity index (χ3n) is 4.28. The van der Waals surface area contributed by atoms with Gasteiger partial charge in [0.15, 0.2) is 11.2 Å². The summed E-state index contributed by atoms with van der Waals surface area (Å²) in [6.07, 6.45) is 3.93. The minimum Gasteiger partial charge on any atom is -0.256 e. The van der Waals surface area contributed by atoms with Gasteiger partial charge in [-0.2, -0.15) is 0 Å². The lowest BCUT2D eigenvalue weighted by molar-refractivity contribution is -0.648. The van der Waals surface area contributed by atoms with Crippen molar-refractivity contribution in [2.24, 2.45) is 7.05 Å². The summed E-state index contributed by atoms with van der Waals surface area (Å²) in [5.41, 5.74) is 6.18. The number of benzene rings is 1. The largest absolute Gasteiger partial charge is 0.275 e. The summed E-state index contributed by atoms with van der Waals surface area (Å²) in [6.45, 7) is 0.934. The second kappa shape index (κ2) is 3.28. The number of hydrogen-bond acceptors (Lipinski definition) is 1. The highest BCUT2D eigenvalue weighted by atomic mass is 15.2. The smallest absolute Gasteiger partial charge is 0.256 e. The minimum atomic E-state index is 0.934. The zero-order valence-corrected chi connectivity index (χ0v) is 11.1. The van der Waals surface area contributed by atoms with Crippen molar-refractivity contribution in [1.82, 2.24) is 14.0 Å². The highest BCUT2D eigenvalue weighted by molar-refractivity contribution is 5.81. The third-order valence-corrected chi connectivity index (χ3v) is 4.28. The van der Waals surface area contributed by atoms with Crippen LogP contribution in [0.5, 0.6) is 0 Å². The van der Waals surface area contributed by atoms with Gasteiger partial charge in [0.05, 0.1) is 25.4 Å². The van der Waals surface area contributed by atoms with Crippen LogP contribution in [0.2, 0.25) is 0 Å². The number of nitrogens with zero attached hydrogens (tertiary/aromatic N) is 4. The molecule has 20 heavy (non-hydrogen) atoms. The van der Waals surface area contributed by atoms with Gasteiger partial charge in [0, 0.05) is 17.8 Å². The van der Waals surface area contributed by atoms with Crippen LogP contribution in [0.25, 0.3) is 28.2 Å². The topological polar surface area (TPSA) is 26.1 Å². The van der Waals surface area contributed by atoms with Crippen molar-refractivity contribution in [3.05, 3.63) is 54.4 Å². The number of aromatic nitrogens is 4. The van der Waals surface area contributed by atoms with Gasteiger partial charge < -0.3 is 0 Å². The fourth-order valence-electron chi connectivity index (χ4n) is 3.41. The predicted octanol–water partition coefficient (Wildman–Crippen LogP) is 2.14. The van der Waals surface area contributed by atoms with E-state index in [2.05, 4.69) is 62.1 Å². The second-order valence-electron chi connectivity index (χ2n) is 5.33. The lowest BCUT2D eigenvalue weighted by Gasteiger charge is -1.96. The molecule has 5 rings (SSSR count). The van der Waals surface area contributed by atoms with Crippen molar-refractivity contribution in [2.45, 2.75) is 6.54 Å². The lowest BCUT2D eigenvalue weighted by atomic mass is 10.1. The molecule has 4 aromatic rings. The first-order valence-corrected chi connectivity index (χ1v) is 6.77. The summed E-state index contributed by atoms with van der Waals surface area (Å²) in [7, 11) is 2.13. The quantitative estimate of drug-likeness (QED) is 0.392. The molecule has 0 bridgehead atoms. The summed E-state index contributed by atoms with van der Waals surface area (Å²) in [5, 5.41) is 0. The van der Waals surface area contributed by atoms with E-state index in [1.807, 2.05) is 12.3 Å². The van der Waals surface area contributed by atoms with Crippen LogP contribution in [0, 0.1) is 0 Å². The molecule has 0 N–H and O–H groups in total. The van der Waals surface area contributed by atoms with E-state index in [1.165, 1.54) is 28.1 Å². The number of imidazole rings is 1. The van der Waals surface area contributed by atoms with Crippen LogP contribution in [-0.4, -0.2) is 14.0 Å². The molecule has 4 nitrogen and oxygen atoms in total. The molecule has 1 aliphatic heterocycles. The van der Waals surface area contributed by atoms with E-state index >= 15 is 0 Å². The van der Waals surface area contributed by atoms with Gasteiger partial charge in [-0.05, 0) is 12.1 Å². The summed E-state index contributed by atoms with van der Waals surface area (Å²) in [6, 6.07) is 12.8. The van der Waals surface area contributed by atoms with E-state index < -0.39 is 0 Å². The van der Waals surface area contributed by atoms with E-state index in [1.54, 1.807) is 0 Å². The molecule has 0 amide bonds. The van der Waals surface area contributed by atoms with Crippen LogP contribution >= 0.6 is 0 Å². The first kappa shape index (κ1) is 10.2. The molecule has 0 saturated carbocycles. The zero-order chi connectivity index (χ0) is 13.3. The van der Waals surface area contributed by atoms with Crippen molar-refractivity contribution >= 4 is 16.8 Å². The molecule has 0 spiro atoms. The summed E-state index contributed by atoms with van der Waals surface area (Å²) in [4.78, 5) is 4.44. The highest BCUT2D eigenvalue weighted by Crippen LogP contribution is 2.31. The average molecular weight is 261 g/mol. The molecule has 4 heteroatoms. The van der Waals surface area contributed by atoms with Crippen LogP contribution in [-0.2, 0) is 13.6 Å². The van der Waals surface area contributed by atoms with E-state index in [0.717, 1.165) is 12.2 Å². The van der Waals surface area contributed by atoms with E-state index in [9.17, 15) is 0 Å². The number of fused-ring (bicyclic) bond motifs is 7. The van der Waals surface area contributed by atoms with Gasteiger partial charge in [-0.15, -0.1) is 0 Å². The third kappa shape index (κ3) is 1.04. The van der Waals surface area contributed by atoms with E-state index in [4.69, 9.17) is 0 Å². The van der Waals surface area contributed by atoms with Gasteiger partial charge in [0.2, 0.25) is 5.82 Å². The molecule has 0 saturated heterocycles. The van der Waals surface area contributed by atoms with E-state index in [-0.39, 0.29) is 0 Å². The van der Waals surface area contributed by atoms with E-state index in [0.29, 0.717) is 0 Å². The van der Waals surface area contributed by atoms with Gasteiger partial charge in [0.25, 0.3) is 5.65 Å². The maximum atomic E-state index is 4.44. The summed E-state index contributed by atoms with van der Waals surface area (Å²) < 4.78 is 6.83. The number of rotatable bonds is 0. The van der Waals surface area contributed by atoms with Gasteiger partial charge in [-0.1, -0.05) is 18.2 Å². The Morgan fingerprint density at radius 3 is 3.05 bits per heavy atom. The van der Waals surface area contributed by atoms with Gasteiger partial charge >= 0.3 is 0 Å². The standard InChI is InChI=1S/C16H13N4/c1-18-13-9-14-17-7-4-8-19(14)16(13)20-10-11-5-2-3-6-12(11)15(18)20/h2-9H,10H2,1H3/q+1. The van der Waals surface area contributed by atoms with Crippen LogP contribution < -0.4 is 4.57 Å². The Morgan fingerprint density at radius 1 is 1.20 bits per heavy atom. The predicted molar refractivity (Wildman–Crippen MR) is 76.4 cm³/mol. The molecule has 0 atom stereocenters. The molecule has 0 radical (unpaired) electrons. The number of hydrogen-bond donors (Lipinski definition) is 0. The fourth-order valence-corrected chi connectivity index (χ4v) is 3.41. The van der Waals surface area contributed by atoms with Gasteiger partial charge in [-0.25, -0.2) is 14.0 Å². The van der Waals surface area contributed by atoms with Crippen molar-refractivity contribution in [3.63, 3.8) is 0 Å². The van der Waals surface area contributed by atoms with Crippen molar-refractivity contribution in [1.29, 1.82) is 0 Å². The Bertz CT molecular complexity index is 990. The van der Waals surface area contributed by atoms with Gasteiger partial charge in [-0.3, -0.25) is 4.57 Å². The average Bonchev–Trinajstić information content (AvgIpc) is 3.10. The summed E-state index contributed by atoms with van der Waals surface area (Å²) >= 11 is 0. The molecule has 3 aromatic heterocycles. The first-order chi connectivity index (χ1) is 9.84. The maximum Gasteiger partial charge on any atom is 0.275 e. The van der Waals surface area contributed by atoms with Crippen molar-refractivity contribution < 1.29 is 4.57 Å². The summed E-state index contributed by atoms with van der Waals surface area (Å²) in [5.74, 6) is 1.28. The Kier molecular flexibility index (Phi) is 1.67. The molecule has 96 valence electrons. The van der Waals surface area contributed by atoms with Crippen molar-refractivity contribution in [2.75, 3.05) is 0 Å². The molecule has 1 aliphatic rings. The minimum absolute atomic E-state index is 0.934. The van der Waals surface area contributed by atoms with Crippen LogP contribution in [0.1, 0.15) is 5.56 Å². The SMILES string of the molecule is Cn1c2[n+](c3c1cc1ncccn13)Cc1ccccc1-2. The van der Waals surface area contributed by atoms with Crippen LogP contribution in [0.15, 0.2) is 48.8 Å². The Labute approximate surface area is 115 Å². The Morgan fingerprint density at radius 2 is 2.10 bits per heavy atom. The molecule has 0 fully saturated rings. The van der Waals surface area contributed by atoms with Crippen molar-refractivity contribution in [3.8, 4) is 11.4 Å². The maximum absolute atomic E-state index is 4.44. The molecular weight excluding hydrogens is 248 g/mol. The van der Waals surface area contributed by atoms with Crippen LogP contribution in [0.4, 0.5) is 0 Å². The van der Waals surface area contributed by atoms with Gasteiger partial charge in [0.1, 0.15) is 0 Å². The number of aryl methyl sites for hydroxylation is 1. The molecule has 0 unspecified atom stereocenters. The first-order valence-electron chi connectivity index (χ1n) is 6.77. The lowest BCUT2D eigenvalue weighted by Crippen LogP contribution is -2.32. The zero-order valence-electron chi connectivity index (χ0n) is 11.1. The molecule has 4 heterocycles. The molecule has 0 aliphatic carbocycles. The normalized spacial score (nSPS) is 13.1. The Balaban J connectivity index is 1.99. The molecular formula is C16H13N4+. The Hall–Kier alpha value is -2.62. The monoisotopic (exact) mass is 261 g/mol. The molecule has 1 aromatic carbocycles. The highest BCUT2D eigenvalue weighted by Gasteiger charge is 2.32.